The van der Waals surface area contributed by atoms with Gasteiger partial charge in [0.2, 0.25) is 6.79 Å². The molecule has 0 saturated carbocycles. The minimum Gasteiger partial charge on any atom is -0.459 e. The molecule has 0 spiro atoms. The molecule has 1 aromatic carbocycles. The summed E-state index contributed by atoms with van der Waals surface area (Å²) >= 11 is 0. The summed E-state index contributed by atoms with van der Waals surface area (Å²) in [7, 11) is 0. The third-order valence-corrected chi connectivity index (χ3v) is 3.23. The highest BCUT2D eigenvalue weighted by molar-refractivity contribution is 5.91. The first-order valence-corrected chi connectivity index (χ1v) is 6.63. The zero-order valence-electron chi connectivity index (χ0n) is 11.2. The van der Waals surface area contributed by atoms with E-state index in [0.29, 0.717) is 24.5 Å². The fourth-order valence-electron chi connectivity index (χ4n) is 2.10. The molecule has 2 N–H and O–H groups in total. The second kappa shape index (κ2) is 5.88. The smallest absolute Gasteiger partial charge is 0.286 e. The molecule has 2 aromatic rings. The van der Waals surface area contributed by atoms with Crippen molar-refractivity contribution in [3.8, 4) is 11.5 Å². The molecule has 0 saturated heterocycles. The Labute approximate surface area is 121 Å². The van der Waals surface area contributed by atoms with Gasteiger partial charge in [-0.25, -0.2) is 0 Å². The summed E-state index contributed by atoms with van der Waals surface area (Å²) in [5, 5.41) is 12.8. The number of fused-ring (bicyclic) bond motifs is 1. The molecule has 1 aliphatic heterocycles. The number of rotatable bonds is 5. The number of carbonyl (C=O) groups is 1. The number of carbonyl (C=O) groups excluding carboxylic acids is 1. The molecule has 21 heavy (non-hydrogen) atoms. The average molecular weight is 289 g/mol. The van der Waals surface area contributed by atoms with Gasteiger partial charge in [-0.3, -0.25) is 4.79 Å². The molecule has 0 fully saturated rings. The number of benzene rings is 1. The zero-order chi connectivity index (χ0) is 14.7. The van der Waals surface area contributed by atoms with E-state index in [1.165, 1.54) is 6.26 Å². The number of aliphatic hydroxyl groups is 1. The third kappa shape index (κ3) is 3.00. The van der Waals surface area contributed by atoms with Crippen molar-refractivity contribution in [2.24, 2.45) is 0 Å². The Bertz CT molecular complexity index is 623. The zero-order valence-corrected chi connectivity index (χ0v) is 11.2. The van der Waals surface area contributed by atoms with E-state index >= 15 is 0 Å². The number of hydrogen-bond donors (Lipinski definition) is 2. The minimum atomic E-state index is -0.684. The maximum Gasteiger partial charge on any atom is 0.286 e. The number of amides is 1. The van der Waals surface area contributed by atoms with Crippen LogP contribution in [0.2, 0.25) is 0 Å². The van der Waals surface area contributed by atoms with Gasteiger partial charge in [0.1, 0.15) is 0 Å². The SMILES string of the molecule is O=C(NCCC(O)c1ccc2c(c1)OCO2)c1ccco1. The van der Waals surface area contributed by atoms with Crippen molar-refractivity contribution in [3.05, 3.63) is 47.9 Å². The highest BCUT2D eigenvalue weighted by Crippen LogP contribution is 2.34. The highest BCUT2D eigenvalue weighted by atomic mass is 16.7. The first-order chi connectivity index (χ1) is 10.2. The summed E-state index contributed by atoms with van der Waals surface area (Å²) in [5.41, 5.74) is 0.728. The molecule has 0 bridgehead atoms. The van der Waals surface area contributed by atoms with Crippen LogP contribution in [-0.2, 0) is 0 Å². The summed E-state index contributed by atoms with van der Waals surface area (Å²) in [6, 6.07) is 8.54. The topological polar surface area (TPSA) is 80.9 Å². The number of aliphatic hydroxyl groups excluding tert-OH is 1. The standard InChI is InChI=1S/C15H15NO5/c17-11(5-6-16-15(18)13-2-1-7-19-13)10-3-4-12-14(8-10)21-9-20-12/h1-4,7-8,11,17H,5-6,9H2,(H,16,18). The molecule has 6 heteroatoms. The monoisotopic (exact) mass is 289 g/mol. The number of hydrogen-bond acceptors (Lipinski definition) is 5. The Morgan fingerprint density at radius 3 is 2.95 bits per heavy atom. The fourth-order valence-corrected chi connectivity index (χ4v) is 2.10. The molecule has 0 aliphatic carbocycles. The Morgan fingerprint density at radius 2 is 2.14 bits per heavy atom. The van der Waals surface area contributed by atoms with Crippen molar-refractivity contribution in [1.29, 1.82) is 0 Å². The second-order valence-electron chi connectivity index (χ2n) is 4.65. The first kappa shape index (κ1) is 13.5. The predicted molar refractivity (Wildman–Crippen MR) is 73.2 cm³/mol. The minimum absolute atomic E-state index is 0.202. The number of ether oxygens (including phenoxy) is 2. The Kier molecular flexibility index (Phi) is 3.79. The lowest BCUT2D eigenvalue weighted by Gasteiger charge is -2.12. The normalized spacial score (nSPS) is 14.0. The van der Waals surface area contributed by atoms with E-state index in [0.717, 1.165) is 5.56 Å². The van der Waals surface area contributed by atoms with Gasteiger partial charge in [0.05, 0.1) is 12.4 Å². The number of nitrogens with one attached hydrogen (secondary N) is 1. The van der Waals surface area contributed by atoms with Crippen LogP contribution < -0.4 is 14.8 Å². The van der Waals surface area contributed by atoms with Crippen molar-refractivity contribution >= 4 is 5.91 Å². The lowest BCUT2D eigenvalue weighted by molar-refractivity contribution is 0.0915. The van der Waals surface area contributed by atoms with E-state index in [-0.39, 0.29) is 18.5 Å². The van der Waals surface area contributed by atoms with Gasteiger partial charge in [-0.2, -0.15) is 0 Å². The van der Waals surface area contributed by atoms with Crippen LogP contribution in [0.4, 0.5) is 0 Å². The molecule has 1 amide bonds. The molecule has 2 heterocycles. The van der Waals surface area contributed by atoms with Gasteiger partial charge in [0.25, 0.3) is 5.91 Å². The van der Waals surface area contributed by atoms with Crippen molar-refractivity contribution in [3.63, 3.8) is 0 Å². The van der Waals surface area contributed by atoms with Crippen LogP contribution in [0.25, 0.3) is 0 Å². The molecule has 1 atom stereocenters. The van der Waals surface area contributed by atoms with Gasteiger partial charge >= 0.3 is 0 Å². The fraction of sp³-hybridized carbons (Fsp3) is 0.267. The summed E-state index contributed by atoms with van der Waals surface area (Å²) in [4.78, 5) is 11.7. The van der Waals surface area contributed by atoms with Gasteiger partial charge in [-0.1, -0.05) is 6.07 Å². The van der Waals surface area contributed by atoms with E-state index in [4.69, 9.17) is 13.9 Å². The van der Waals surface area contributed by atoms with Crippen LogP contribution in [0.15, 0.2) is 41.0 Å². The molecule has 1 aliphatic rings. The third-order valence-electron chi connectivity index (χ3n) is 3.23. The lowest BCUT2D eigenvalue weighted by Crippen LogP contribution is -2.25. The Balaban J connectivity index is 1.52. The molecule has 0 radical (unpaired) electrons. The van der Waals surface area contributed by atoms with E-state index in [2.05, 4.69) is 5.32 Å². The van der Waals surface area contributed by atoms with Crippen LogP contribution in [0, 0.1) is 0 Å². The molecule has 6 nitrogen and oxygen atoms in total. The van der Waals surface area contributed by atoms with E-state index < -0.39 is 6.10 Å². The van der Waals surface area contributed by atoms with Gasteiger partial charge in [0, 0.05) is 6.54 Å². The maximum absolute atomic E-state index is 11.7. The average Bonchev–Trinajstić information content (AvgIpc) is 3.17. The lowest BCUT2D eigenvalue weighted by atomic mass is 10.1. The summed E-state index contributed by atoms with van der Waals surface area (Å²) in [5.74, 6) is 1.27. The van der Waals surface area contributed by atoms with Crippen molar-refractivity contribution in [2.45, 2.75) is 12.5 Å². The van der Waals surface area contributed by atoms with Crippen molar-refractivity contribution < 1.29 is 23.8 Å². The van der Waals surface area contributed by atoms with E-state index in [1.807, 2.05) is 0 Å². The summed E-state index contributed by atoms with van der Waals surface area (Å²) < 4.78 is 15.5. The first-order valence-electron chi connectivity index (χ1n) is 6.63. The molecule has 3 rings (SSSR count). The maximum atomic E-state index is 11.7. The van der Waals surface area contributed by atoms with Gasteiger partial charge < -0.3 is 24.3 Å². The largest absolute Gasteiger partial charge is 0.459 e. The molecule has 1 aromatic heterocycles. The molecule has 1 unspecified atom stereocenters. The number of furan rings is 1. The van der Waals surface area contributed by atoms with Crippen molar-refractivity contribution in [1.82, 2.24) is 5.32 Å². The summed E-state index contributed by atoms with van der Waals surface area (Å²) in [6.45, 7) is 0.545. The van der Waals surface area contributed by atoms with Crippen LogP contribution in [0.3, 0.4) is 0 Å². The van der Waals surface area contributed by atoms with Crippen LogP contribution in [0.1, 0.15) is 28.6 Å². The van der Waals surface area contributed by atoms with E-state index in [9.17, 15) is 9.90 Å². The quantitative estimate of drug-likeness (QED) is 0.878. The summed E-state index contributed by atoms with van der Waals surface area (Å²) in [6.07, 6.45) is 1.15. The van der Waals surface area contributed by atoms with Crippen LogP contribution in [-0.4, -0.2) is 24.4 Å². The second-order valence-corrected chi connectivity index (χ2v) is 4.65. The Hall–Kier alpha value is -2.47. The molecule has 110 valence electrons. The molecular weight excluding hydrogens is 274 g/mol. The van der Waals surface area contributed by atoms with Gasteiger partial charge in [0.15, 0.2) is 17.3 Å². The van der Waals surface area contributed by atoms with Gasteiger partial charge in [-0.05, 0) is 36.2 Å². The van der Waals surface area contributed by atoms with Crippen LogP contribution >= 0.6 is 0 Å². The van der Waals surface area contributed by atoms with E-state index in [1.54, 1.807) is 30.3 Å². The van der Waals surface area contributed by atoms with Gasteiger partial charge in [-0.15, -0.1) is 0 Å². The predicted octanol–water partition coefficient (Wildman–Crippen LogP) is 1.86. The van der Waals surface area contributed by atoms with Crippen molar-refractivity contribution in [2.75, 3.05) is 13.3 Å². The highest BCUT2D eigenvalue weighted by Gasteiger charge is 2.17. The Morgan fingerprint density at radius 1 is 1.29 bits per heavy atom. The van der Waals surface area contributed by atoms with Crippen LogP contribution in [0.5, 0.6) is 11.5 Å². The molecular formula is C15H15NO5.